The zero-order chi connectivity index (χ0) is 20.5. The summed E-state index contributed by atoms with van der Waals surface area (Å²) in [6, 6.07) is 18.2. The van der Waals surface area contributed by atoms with Crippen LogP contribution < -0.4 is 4.74 Å². The van der Waals surface area contributed by atoms with Gasteiger partial charge in [-0.15, -0.1) is 0 Å². The van der Waals surface area contributed by atoms with E-state index in [4.69, 9.17) is 9.47 Å². The highest BCUT2D eigenvalue weighted by atomic mass is 16.5. The van der Waals surface area contributed by atoms with Crippen molar-refractivity contribution in [2.75, 3.05) is 46.4 Å². The average molecular weight is 399 g/mol. The van der Waals surface area contributed by atoms with Gasteiger partial charge in [-0.25, -0.2) is 0 Å². The predicted octanol–water partition coefficient (Wildman–Crippen LogP) is 3.34. The van der Waals surface area contributed by atoms with E-state index in [1.165, 1.54) is 5.56 Å². The number of piperazine rings is 1. The van der Waals surface area contributed by atoms with Crippen LogP contribution in [0.15, 0.2) is 54.6 Å². The lowest BCUT2D eigenvalue weighted by Gasteiger charge is -2.38. The van der Waals surface area contributed by atoms with Crippen LogP contribution in [-0.2, 0) is 11.2 Å². The molecular weight excluding hydrogens is 364 g/mol. The molecule has 5 heteroatoms. The Bertz CT molecular complexity index is 700. The quantitative estimate of drug-likeness (QED) is 0.665. The van der Waals surface area contributed by atoms with Crippen molar-refractivity contribution in [1.82, 2.24) is 9.80 Å². The molecule has 0 aliphatic carbocycles. The number of ether oxygens (including phenoxy) is 2. The number of hydrogen-bond donors (Lipinski definition) is 1. The Morgan fingerprint density at radius 3 is 2.31 bits per heavy atom. The highest BCUT2D eigenvalue weighted by molar-refractivity contribution is 5.28. The van der Waals surface area contributed by atoms with Crippen LogP contribution in [0.25, 0.3) is 0 Å². The Balaban J connectivity index is 1.33. The van der Waals surface area contributed by atoms with Gasteiger partial charge in [-0.05, 0) is 43.0 Å². The molecule has 2 aromatic carbocycles. The maximum absolute atomic E-state index is 10.4. The van der Waals surface area contributed by atoms with Gasteiger partial charge >= 0.3 is 0 Å². The molecule has 1 aliphatic rings. The highest BCUT2D eigenvalue weighted by Gasteiger charge is 2.22. The van der Waals surface area contributed by atoms with Crippen molar-refractivity contribution < 1.29 is 14.6 Å². The number of rotatable bonds is 10. The predicted molar refractivity (Wildman–Crippen MR) is 116 cm³/mol. The summed E-state index contributed by atoms with van der Waals surface area (Å²) in [5, 5.41) is 10.4. The van der Waals surface area contributed by atoms with E-state index in [0.717, 1.165) is 63.5 Å². The molecule has 158 valence electrons. The maximum atomic E-state index is 10.4. The van der Waals surface area contributed by atoms with Gasteiger partial charge in [0.1, 0.15) is 12.0 Å². The molecule has 0 radical (unpaired) electrons. The molecule has 0 aromatic heterocycles. The van der Waals surface area contributed by atoms with Crippen LogP contribution in [0.3, 0.4) is 0 Å². The van der Waals surface area contributed by atoms with Gasteiger partial charge < -0.3 is 19.5 Å². The first-order valence-corrected chi connectivity index (χ1v) is 10.6. The third-order valence-corrected chi connectivity index (χ3v) is 5.73. The van der Waals surface area contributed by atoms with E-state index in [2.05, 4.69) is 41.0 Å². The fourth-order valence-corrected chi connectivity index (χ4v) is 3.75. The van der Waals surface area contributed by atoms with E-state index in [9.17, 15) is 5.11 Å². The third kappa shape index (κ3) is 6.82. The molecule has 1 aliphatic heterocycles. The number of aliphatic hydroxyl groups is 1. The lowest BCUT2D eigenvalue weighted by Crippen LogP contribution is -2.50. The summed E-state index contributed by atoms with van der Waals surface area (Å²) >= 11 is 0. The molecule has 3 rings (SSSR count). The van der Waals surface area contributed by atoms with Crippen molar-refractivity contribution >= 4 is 0 Å². The van der Waals surface area contributed by atoms with Crippen LogP contribution >= 0.6 is 0 Å². The first-order chi connectivity index (χ1) is 14.2. The largest absolute Gasteiger partial charge is 0.497 e. The van der Waals surface area contributed by atoms with Gasteiger partial charge in [0.05, 0.1) is 19.8 Å². The van der Waals surface area contributed by atoms with Gasteiger partial charge in [0.2, 0.25) is 0 Å². The number of methoxy groups -OCH3 is 1. The molecule has 5 nitrogen and oxygen atoms in total. The fourth-order valence-electron chi connectivity index (χ4n) is 3.75. The van der Waals surface area contributed by atoms with Crippen LogP contribution in [0.4, 0.5) is 0 Å². The summed E-state index contributed by atoms with van der Waals surface area (Å²) in [4.78, 5) is 4.83. The molecule has 1 saturated heterocycles. The van der Waals surface area contributed by atoms with Crippen molar-refractivity contribution in [3.05, 3.63) is 65.7 Å². The number of aliphatic hydroxyl groups excluding tert-OH is 1. The summed E-state index contributed by atoms with van der Waals surface area (Å²) in [7, 11) is 1.65. The van der Waals surface area contributed by atoms with Crippen molar-refractivity contribution in [2.24, 2.45) is 0 Å². The summed E-state index contributed by atoms with van der Waals surface area (Å²) in [5.74, 6) is 0.817. The van der Waals surface area contributed by atoms with Crippen molar-refractivity contribution in [1.29, 1.82) is 0 Å². The van der Waals surface area contributed by atoms with Crippen LogP contribution in [0.1, 0.15) is 30.6 Å². The van der Waals surface area contributed by atoms with Gasteiger partial charge in [0, 0.05) is 32.7 Å². The van der Waals surface area contributed by atoms with Crippen LogP contribution in [0.2, 0.25) is 0 Å². The number of hydrogen-bond acceptors (Lipinski definition) is 5. The molecule has 0 saturated carbocycles. The third-order valence-electron chi connectivity index (χ3n) is 5.73. The molecule has 0 spiro atoms. The summed E-state index contributed by atoms with van der Waals surface area (Å²) < 4.78 is 11.2. The topological polar surface area (TPSA) is 45.2 Å². The minimum Gasteiger partial charge on any atom is -0.497 e. The second kappa shape index (κ2) is 11.3. The second-order valence-corrected chi connectivity index (χ2v) is 7.66. The molecular formula is C24H34N2O3. The van der Waals surface area contributed by atoms with Crippen LogP contribution in [0, 0.1) is 0 Å². The van der Waals surface area contributed by atoms with Gasteiger partial charge in [-0.1, -0.05) is 42.5 Å². The second-order valence-electron chi connectivity index (χ2n) is 7.66. The van der Waals surface area contributed by atoms with E-state index in [-0.39, 0.29) is 6.23 Å². The lowest BCUT2D eigenvalue weighted by molar-refractivity contribution is -0.0647. The maximum Gasteiger partial charge on any atom is 0.118 e. The molecule has 1 heterocycles. The van der Waals surface area contributed by atoms with Crippen LogP contribution in [0.5, 0.6) is 5.75 Å². The van der Waals surface area contributed by atoms with E-state index < -0.39 is 6.10 Å². The average Bonchev–Trinajstić information content (AvgIpc) is 2.78. The highest BCUT2D eigenvalue weighted by Crippen LogP contribution is 2.21. The molecule has 2 aromatic rings. The summed E-state index contributed by atoms with van der Waals surface area (Å²) in [5.41, 5.74) is 2.27. The molecule has 1 N–H and O–H groups in total. The van der Waals surface area contributed by atoms with Crippen molar-refractivity contribution in [3.8, 4) is 5.75 Å². The molecule has 0 bridgehead atoms. The SMILES string of the molecule is COc1ccc(C(O)CCN2CCN(C(C)OCCc3ccccc3)CC2)cc1. The Labute approximate surface area is 174 Å². The number of benzene rings is 2. The Kier molecular flexibility index (Phi) is 8.50. The van der Waals surface area contributed by atoms with Crippen molar-refractivity contribution in [2.45, 2.75) is 32.1 Å². The van der Waals surface area contributed by atoms with E-state index >= 15 is 0 Å². The van der Waals surface area contributed by atoms with Gasteiger partial charge in [-0.3, -0.25) is 4.90 Å². The van der Waals surface area contributed by atoms with Gasteiger partial charge in [-0.2, -0.15) is 0 Å². The normalized spacial score (nSPS) is 17.8. The smallest absolute Gasteiger partial charge is 0.118 e. The van der Waals surface area contributed by atoms with Gasteiger partial charge in [0.15, 0.2) is 0 Å². The van der Waals surface area contributed by atoms with E-state index in [0.29, 0.717) is 0 Å². The minimum atomic E-state index is -0.431. The summed E-state index contributed by atoms with van der Waals surface area (Å²) in [6.07, 6.45) is 1.41. The Hall–Kier alpha value is -1.92. The molecule has 0 amide bonds. The molecule has 2 unspecified atom stereocenters. The summed E-state index contributed by atoms with van der Waals surface area (Å²) in [6.45, 7) is 7.84. The first-order valence-electron chi connectivity index (χ1n) is 10.6. The monoisotopic (exact) mass is 398 g/mol. The van der Waals surface area contributed by atoms with Crippen molar-refractivity contribution in [3.63, 3.8) is 0 Å². The van der Waals surface area contributed by atoms with E-state index in [1.54, 1.807) is 7.11 Å². The zero-order valence-corrected chi connectivity index (χ0v) is 17.7. The van der Waals surface area contributed by atoms with Gasteiger partial charge in [0.25, 0.3) is 0 Å². The zero-order valence-electron chi connectivity index (χ0n) is 17.7. The van der Waals surface area contributed by atoms with Crippen LogP contribution in [-0.4, -0.2) is 67.6 Å². The molecule has 29 heavy (non-hydrogen) atoms. The minimum absolute atomic E-state index is 0.144. The molecule has 2 atom stereocenters. The molecule has 1 fully saturated rings. The first kappa shape index (κ1) is 21.8. The Morgan fingerprint density at radius 1 is 0.966 bits per heavy atom. The lowest BCUT2D eigenvalue weighted by atomic mass is 10.1. The fraction of sp³-hybridized carbons (Fsp3) is 0.500. The standard InChI is InChI=1S/C24H34N2O3/c1-20(29-19-13-21-6-4-3-5-7-21)26-17-15-25(16-18-26)14-12-24(27)22-8-10-23(28-2)11-9-22/h3-11,20,24,27H,12-19H2,1-2H3. The number of nitrogens with zero attached hydrogens (tertiary/aromatic N) is 2. The van der Waals surface area contributed by atoms with E-state index in [1.807, 2.05) is 30.3 Å². The Morgan fingerprint density at radius 2 is 1.66 bits per heavy atom.